The van der Waals surface area contributed by atoms with Crippen molar-refractivity contribution in [2.75, 3.05) is 101 Å². The molecule has 0 spiro atoms. The summed E-state index contributed by atoms with van der Waals surface area (Å²) >= 11 is 0. The molecule has 0 saturated carbocycles. The summed E-state index contributed by atoms with van der Waals surface area (Å²) in [5.74, 6) is 0.156. The molecule has 51 heteroatoms. The third kappa shape index (κ3) is 37.5. The van der Waals surface area contributed by atoms with Crippen molar-refractivity contribution in [3.63, 3.8) is 0 Å². The summed E-state index contributed by atoms with van der Waals surface area (Å²) in [5, 5.41) is 8.27. The van der Waals surface area contributed by atoms with Crippen molar-refractivity contribution in [1.82, 2.24) is 93.3 Å². The lowest BCUT2D eigenvalue weighted by Crippen LogP contribution is -2.43. The van der Waals surface area contributed by atoms with Crippen molar-refractivity contribution in [3.8, 4) is 11.5 Å². The van der Waals surface area contributed by atoms with Crippen LogP contribution in [0.15, 0.2) is 105 Å². The monoisotopic (exact) mass is 1790 g/mol. The van der Waals surface area contributed by atoms with E-state index in [-0.39, 0.29) is 101 Å². The van der Waals surface area contributed by atoms with Gasteiger partial charge in [0.25, 0.3) is 0 Å². The minimum atomic E-state index is -4.12. The number of aromatic nitrogens is 16. The number of carbonyl (C=O) groups excluding carboxylic acids is 3. The number of carbonyl (C=O) groups is 3. The number of nitrogens with one attached hydrogen (secondary N) is 3. The SMILES string of the molecule is CC(C)N.CC(C)N.CCCCOC(=O)[C@H](C)NP(=O)(COCCn1cnc2c(N)ncnc21)N[C@@H](C)C(=O)OCCCC.COC(=O)[C@H](C)NP(=O)(COCCn1cnc2c(N)ncnc21)Oc1ccccc1.Cl.Cl.Nc1nc(N)c2ncn(CCOCP(=O)(O)Oc3ccccc3)c2n1.Nc1ncnc2c1ncn2CCOCP(=O)(O)O. The molecule has 10 aromatic rings. The third-order valence-electron chi connectivity index (χ3n) is 14.7. The number of hydrogen-bond donors (Lipinski definition) is 13. The standard InChI is InChI=1S/C22H38N7O6P.C18H23N6O5P.C14H17N6O4P.C8H12N5O4P.2C3H9N.2ClH/c1-5-7-10-34-21(30)16(3)27-36(32,28-17(4)22(31)35-11-8-6-2)15-33-12-9-29-14-26-18-19(23)24-13-25-20(18)29;1-13(18(25)27-2)23-30(26,29-14-6-4-3-5-7-14)12-28-9-8-24-11-22-15-16(19)20-10-21-17(15)24;15-12-11-13(19-14(16)18-12)20(8-17-11)6-7-23-9-25(21,22)24-10-4-2-1-3-5-10;9-7-6-8(11-3-10-7)13(4-12-6)1-2-17-5-18(14,15)16;2*1-3(2)4;;/h13-14,16-17H,5-12,15H2,1-4H3,(H2,23,24,25)(H2,27,28,32);3-7,10-11,13H,8-9,12H2,1-2H3,(H,23,26)(H2,19,20,21);1-5,8H,6-7,9H2,(H,21,22)(H4,15,16,18,19);3-4H,1-2,5H2,(H2,9,10,11)(H2,14,15,16);2*3H,4H2,1-2H3;2*1H/t16-,17-;13-,30?;;;;;;/m00....../s1. The van der Waals surface area contributed by atoms with Crippen LogP contribution in [0, 0.1) is 0 Å². The van der Waals surface area contributed by atoms with Crippen molar-refractivity contribution in [2.24, 2.45) is 11.5 Å². The molecular weight excluding hydrogens is 1680 g/mol. The Morgan fingerprint density at radius 1 is 0.437 bits per heavy atom. The Balaban J connectivity index is 0.000000403. The van der Waals surface area contributed by atoms with Crippen LogP contribution in [0.3, 0.4) is 0 Å². The van der Waals surface area contributed by atoms with E-state index in [0.717, 1.165) is 25.7 Å². The van der Waals surface area contributed by atoms with Gasteiger partial charge in [-0.25, -0.2) is 69.7 Å². The fourth-order valence-electron chi connectivity index (χ4n) is 9.39. The maximum absolute atomic E-state index is 13.7. The lowest BCUT2D eigenvalue weighted by Gasteiger charge is -2.26. The molecule has 0 bridgehead atoms. The maximum atomic E-state index is 13.7. The smallest absolute Gasteiger partial charge is 0.402 e. The van der Waals surface area contributed by atoms with Crippen molar-refractivity contribution < 1.29 is 89.5 Å². The summed E-state index contributed by atoms with van der Waals surface area (Å²) in [5.41, 5.74) is 42.8. The molecule has 119 heavy (non-hydrogen) atoms. The van der Waals surface area contributed by atoms with Crippen LogP contribution in [0.2, 0.25) is 0 Å². The van der Waals surface area contributed by atoms with Crippen LogP contribution >= 0.6 is 55.0 Å². The molecule has 0 fully saturated rings. The number of esters is 3. The number of para-hydroxylation sites is 2. The zero-order chi connectivity index (χ0) is 86.3. The van der Waals surface area contributed by atoms with Gasteiger partial charge in [-0.15, -0.1) is 24.8 Å². The average Bonchev–Trinajstić information content (AvgIpc) is 1.69. The molecule has 20 N–H and O–H groups in total. The second kappa shape index (κ2) is 52.7. The fraction of sp³-hybridized carbons (Fsp3) is 0.485. The third-order valence-corrected chi connectivity index (χ3v) is 20.2. The van der Waals surface area contributed by atoms with E-state index in [1.165, 1.54) is 45.7 Å². The largest absolute Gasteiger partial charge is 0.468 e. The Morgan fingerprint density at radius 3 is 1.16 bits per heavy atom. The van der Waals surface area contributed by atoms with Gasteiger partial charge in [0.05, 0.1) is 72.1 Å². The van der Waals surface area contributed by atoms with Crippen LogP contribution in [0.5, 0.6) is 11.5 Å². The molecule has 0 amide bonds. The zero-order valence-electron chi connectivity index (χ0n) is 67.6. The molecule has 5 atom stereocenters. The highest BCUT2D eigenvalue weighted by Crippen LogP contribution is 2.45. The van der Waals surface area contributed by atoms with Crippen LogP contribution < -0.4 is 64.4 Å². The summed E-state index contributed by atoms with van der Waals surface area (Å²) in [7, 11) is -13.9. The van der Waals surface area contributed by atoms with E-state index < -0.39 is 78.9 Å². The van der Waals surface area contributed by atoms with Crippen LogP contribution in [-0.4, -0.2) is 213 Å². The highest BCUT2D eigenvalue weighted by Gasteiger charge is 2.34. The van der Waals surface area contributed by atoms with Crippen LogP contribution in [-0.2, 0) is 92.0 Å². The molecule has 10 rings (SSSR count). The first-order valence-electron chi connectivity index (χ1n) is 36.6. The van der Waals surface area contributed by atoms with Gasteiger partial charge in [0.2, 0.25) is 13.4 Å². The Hall–Kier alpha value is -9.33. The van der Waals surface area contributed by atoms with E-state index in [2.05, 4.69) is 79.8 Å². The minimum Gasteiger partial charge on any atom is -0.468 e. The fourth-order valence-corrected chi connectivity index (χ4v) is 14.4. The van der Waals surface area contributed by atoms with Crippen molar-refractivity contribution in [2.45, 2.75) is 144 Å². The summed E-state index contributed by atoms with van der Waals surface area (Å²) in [4.78, 5) is 112. The van der Waals surface area contributed by atoms with Gasteiger partial charge in [0.1, 0.15) is 89.7 Å². The second-order valence-corrected chi connectivity index (χ2v) is 33.6. The Bertz CT molecular complexity index is 4840. The number of fused-ring (bicyclic) bond motifs is 4. The minimum absolute atomic E-state index is 0. The predicted molar refractivity (Wildman–Crippen MR) is 453 cm³/mol. The number of hydrogen-bond acceptors (Lipinski definition) is 35. The molecule has 0 aliphatic heterocycles. The summed E-state index contributed by atoms with van der Waals surface area (Å²) in [6.45, 7) is 19.1. The number of anilines is 5. The normalized spacial score (nSPS) is 12.9. The number of halogens is 2. The number of benzene rings is 2. The van der Waals surface area contributed by atoms with E-state index in [1.54, 1.807) is 99.4 Å². The number of rotatable bonds is 39. The molecule has 8 aromatic heterocycles. The molecular formula is C68H110Cl2N26O19P4. The summed E-state index contributed by atoms with van der Waals surface area (Å²) in [6.07, 6.45) is 11.9. The van der Waals surface area contributed by atoms with E-state index in [4.69, 9.17) is 87.4 Å². The molecule has 8 heterocycles. The molecule has 2 aromatic carbocycles. The van der Waals surface area contributed by atoms with Gasteiger partial charge >= 0.3 is 40.6 Å². The maximum Gasteiger partial charge on any atom is 0.402 e. The molecule has 0 aliphatic rings. The van der Waals surface area contributed by atoms with Gasteiger partial charge in [-0.1, -0.05) is 90.8 Å². The number of nitrogen functional groups attached to an aromatic ring is 5. The van der Waals surface area contributed by atoms with Crippen molar-refractivity contribution >= 4 is 147 Å². The number of nitrogens with zero attached hydrogens (tertiary/aromatic N) is 16. The topological polar surface area (TPSA) is 656 Å². The first kappa shape index (κ1) is 104. The summed E-state index contributed by atoms with van der Waals surface area (Å²) < 4.78 is 104. The van der Waals surface area contributed by atoms with Gasteiger partial charge in [0.15, 0.2) is 52.2 Å². The zero-order valence-corrected chi connectivity index (χ0v) is 72.8. The number of methoxy groups -OCH3 is 1. The van der Waals surface area contributed by atoms with Gasteiger partial charge < -0.3 is 115 Å². The van der Waals surface area contributed by atoms with Gasteiger partial charge in [0, 0.05) is 26.2 Å². The van der Waals surface area contributed by atoms with Crippen LogP contribution in [0.4, 0.5) is 29.2 Å². The number of nitrogens with two attached hydrogens (primary N) is 7. The molecule has 45 nitrogen and oxygen atoms in total. The Labute approximate surface area is 699 Å². The van der Waals surface area contributed by atoms with Gasteiger partial charge in [-0.2, -0.15) is 9.97 Å². The van der Waals surface area contributed by atoms with E-state index in [1.807, 2.05) is 47.6 Å². The molecule has 2 unspecified atom stereocenters. The first-order valence-corrected chi connectivity index (χ1v) is 43.8. The predicted octanol–water partition coefficient (Wildman–Crippen LogP) is 6.36. The van der Waals surface area contributed by atoms with Crippen molar-refractivity contribution in [1.29, 1.82) is 0 Å². The molecule has 660 valence electrons. The second-order valence-electron chi connectivity index (χ2n) is 26.0. The molecule has 0 saturated heterocycles. The quantitative estimate of drug-likeness (QED) is 0.00861. The average molecular weight is 1790 g/mol. The van der Waals surface area contributed by atoms with E-state index in [9.17, 15) is 37.5 Å². The van der Waals surface area contributed by atoms with Crippen LogP contribution in [0.25, 0.3) is 44.7 Å². The lowest BCUT2D eigenvalue weighted by atomic mass is 10.3. The Kier molecular flexibility index (Phi) is 46.0. The number of unbranched alkanes of at least 4 members (excludes halogenated alkanes) is 2. The molecule has 0 radical (unpaired) electrons. The van der Waals surface area contributed by atoms with Gasteiger partial charge in [-0.05, 0) is 70.0 Å². The van der Waals surface area contributed by atoms with Crippen LogP contribution in [0.1, 0.15) is 88.0 Å². The number of imidazole rings is 4. The summed E-state index contributed by atoms with van der Waals surface area (Å²) in [6, 6.07) is 15.1. The van der Waals surface area contributed by atoms with E-state index in [0.29, 0.717) is 100 Å². The van der Waals surface area contributed by atoms with E-state index >= 15 is 0 Å². The molecule has 0 aliphatic carbocycles. The Morgan fingerprint density at radius 2 is 0.782 bits per heavy atom. The van der Waals surface area contributed by atoms with Gasteiger partial charge in [-0.3, -0.25) is 28.1 Å². The number of ether oxygens (including phenoxy) is 7. The highest BCUT2D eigenvalue weighted by molar-refractivity contribution is 7.59. The highest BCUT2D eigenvalue weighted by atomic mass is 35.5. The van der Waals surface area contributed by atoms with Crippen molar-refractivity contribution in [3.05, 3.63) is 105 Å². The lowest BCUT2D eigenvalue weighted by molar-refractivity contribution is -0.145. The first-order chi connectivity index (χ1) is 55.5.